The van der Waals surface area contributed by atoms with Crippen molar-refractivity contribution >= 4 is 11.8 Å². The minimum Gasteiger partial charge on any atom is -0.395 e. The molecule has 0 aromatic heterocycles. The monoisotopic (exact) mass is 175 g/mol. The molecular formula is C8H17NOS. The number of thioether (sulfide) groups is 1. The van der Waals surface area contributed by atoms with Gasteiger partial charge in [0.25, 0.3) is 0 Å². The van der Waals surface area contributed by atoms with Gasteiger partial charge in [-0.15, -0.1) is 0 Å². The largest absolute Gasteiger partial charge is 0.395 e. The lowest BCUT2D eigenvalue weighted by atomic mass is 9.87. The van der Waals surface area contributed by atoms with Crippen LogP contribution in [0, 0.1) is 5.92 Å². The quantitative estimate of drug-likeness (QED) is 0.653. The van der Waals surface area contributed by atoms with Crippen LogP contribution in [0.5, 0.6) is 0 Å². The molecule has 1 rings (SSSR count). The van der Waals surface area contributed by atoms with Gasteiger partial charge in [0.05, 0.1) is 6.61 Å². The molecule has 2 atom stereocenters. The molecule has 0 aromatic rings. The van der Waals surface area contributed by atoms with Gasteiger partial charge in [-0.3, -0.25) is 0 Å². The maximum absolute atomic E-state index is 8.89. The van der Waals surface area contributed by atoms with Gasteiger partial charge in [0.2, 0.25) is 0 Å². The van der Waals surface area contributed by atoms with E-state index in [4.69, 9.17) is 10.8 Å². The summed E-state index contributed by atoms with van der Waals surface area (Å²) >= 11 is 1.96. The van der Waals surface area contributed by atoms with Gasteiger partial charge in [-0.25, -0.2) is 0 Å². The normalized spacial score (nSPS) is 32.2. The first-order valence-corrected chi connectivity index (χ1v) is 5.07. The summed E-state index contributed by atoms with van der Waals surface area (Å²) in [6.45, 7) is 4.55. The van der Waals surface area contributed by atoms with Gasteiger partial charge in [0.15, 0.2) is 0 Å². The maximum Gasteiger partial charge on any atom is 0.0585 e. The van der Waals surface area contributed by atoms with E-state index in [9.17, 15) is 0 Å². The Kier molecular flexibility index (Phi) is 2.84. The predicted octanol–water partition coefficient (Wildman–Crippen LogP) is 0.838. The van der Waals surface area contributed by atoms with Gasteiger partial charge in [-0.2, -0.15) is 11.8 Å². The Morgan fingerprint density at radius 1 is 1.73 bits per heavy atom. The fourth-order valence-corrected chi connectivity index (χ4v) is 3.17. The van der Waals surface area contributed by atoms with Crippen LogP contribution in [0.2, 0.25) is 0 Å². The van der Waals surface area contributed by atoms with Crippen molar-refractivity contribution in [3.63, 3.8) is 0 Å². The summed E-state index contributed by atoms with van der Waals surface area (Å²) in [7, 11) is 0. The third kappa shape index (κ3) is 1.89. The summed E-state index contributed by atoms with van der Waals surface area (Å²) in [4.78, 5) is 0. The Hall–Kier alpha value is 0.270. The molecule has 66 valence electrons. The van der Waals surface area contributed by atoms with Gasteiger partial charge in [-0.1, -0.05) is 13.8 Å². The smallest absolute Gasteiger partial charge is 0.0585 e. The number of nitrogens with two attached hydrogens (primary N) is 1. The molecule has 0 saturated carbocycles. The summed E-state index contributed by atoms with van der Waals surface area (Å²) in [5, 5.41) is 8.89. The van der Waals surface area contributed by atoms with E-state index in [2.05, 4.69) is 13.8 Å². The molecule has 1 heterocycles. The third-order valence-corrected chi connectivity index (χ3v) is 4.01. The Labute approximate surface area is 72.5 Å². The topological polar surface area (TPSA) is 46.2 Å². The lowest BCUT2D eigenvalue weighted by molar-refractivity contribution is 0.211. The predicted molar refractivity (Wildman–Crippen MR) is 49.7 cm³/mol. The van der Waals surface area contributed by atoms with E-state index in [-0.39, 0.29) is 17.4 Å². The number of aliphatic hydroxyl groups excluding tert-OH is 1. The Bertz CT molecular complexity index is 138. The molecule has 3 heteroatoms. The van der Waals surface area contributed by atoms with Crippen molar-refractivity contribution in [2.45, 2.75) is 31.1 Å². The molecule has 1 unspecified atom stereocenters. The average Bonchev–Trinajstić information content (AvgIpc) is 2.28. The highest BCUT2D eigenvalue weighted by molar-refractivity contribution is 8.00. The van der Waals surface area contributed by atoms with Crippen LogP contribution in [0.4, 0.5) is 0 Å². The average molecular weight is 175 g/mol. The fourth-order valence-electron chi connectivity index (χ4n) is 1.76. The second-order valence-corrected chi connectivity index (χ2v) is 5.44. The van der Waals surface area contributed by atoms with E-state index < -0.39 is 0 Å². The molecule has 1 aliphatic heterocycles. The molecule has 11 heavy (non-hydrogen) atoms. The molecule has 1 aliphatic rings. The zero-order valence-electron chi connectivity index (χ0n) is 7.21. The van der Waals surface area contributed by atoms with Crippen LogP contribution in [0.25, 0.3) is 0 Å². The Morgan fingerprint density at radius 2 is 2.36 bits per heavy atom. The molecular weight excluding hydrogens is 158 g/mol. The van der Waals surface area contributed by atoms with Crippen molar-refractivity contribution in [1.82, 2.24) is 0 Å². The molecule has 0 radical (unpaired) electrons. The van der Waals surface area contributed by atoms with Crippen molar-refractivity contribution < 1.29 is 5.11 Å². The number of hydrogen-bond donors (Lipinski definition) is 2. The number of aliphatic hydroxyl groups is 1. The molecule has 0 spiro atoms. The van der Waals surface area contributed by atoms with Crippen molar-refractivity contribution in [3.05, 3.63) is 0 Å². The first-order valence-electron chi connectivity index (χ1n) is 4.08. The summed E-state index contributed by atoms with van der Waals surface area (Å²) in [5.41, 5.74) is 5.79. The molecule has 0 bridgehead atoms. The first kappa shape index (κ1) is 9.36. The number of hydrogen-bond acceptors (Lipinski definition) is 3. The van der Waals surface area contributed by atoms with Crippen LogP contribution in [-0.2, 0) is 0 Å². The molecule has 0 aliphatic carbocycles. The summed E-state index contributed by atoms with van der Waals surface area (Å²) in [6, 6.07) is -0.0278. The Balaban J connectivity index is 2.57. The SMILES string of the molecule is CC1(C)SCCC1[C@@H](N)CO. The summed E-state index contributed by atoms with van der Waals surface area (Å²) in [6.07, 6.45) is 1.15. The standard InChI is InChI=1S/C8H17NOS/c1-8(2)6(3-4-11-8)7(9)5-10/h6-7,10H,3-5,9H2,1-2H3/t6?,7-/m0/s1. The van der Waals surface area contributed by atoms with E-state index in [1.54, 1.807) is 0 Å². The molecule has 0 amide bonds. The fraction of sp³-hybridized carbons (Fsp3) is 1.00. The van der Waals surface area contributed by atoms with Crippen LogP contribution in [0.15, 0.2) is 0 Å². The van der Waals surface area contributed by atoms with Crippen molar-refractivity contribution in [3.8, 4) is 0 Å². The molecule has 1 fully saturated rings. The van der Waals surface area contributed by atoms with Gasteiger partial charge in [-0.05, 0) is 18.1 Å². The summed E-state index contributed by atoms with van der Waals surface area (Å²) < 4.78 is 0.266. The summed E-state index contributed by atoms with van der Waals surface area (Å²) in [5.74, 6) is 1.67. The highest BCUT2D eigenvalue weighted by Gasteiger charge is 2.38. The third-order valence-electron chi connectivity index (χ3n) is 2.52. The zero-order chi connectivity index (χ0) is 8.48. The highest BCUT2D eigenvalue weighted by Crippen LogP contribution is 2.43. The van der Waals surface area contributed by atoms with Crippen molar-refractivity contribution in [2.75, 3.05) is 12.4 Å². The molecule has 2 nitrogen and oxygen atoms in total. The van der Waals surface area contributed by atoms with Crippen LogP contribution in [-0.4, -0.2) is 28.3 Å². The second kappa shape index (κ2) is 3.33. The van der Waals surface area contributed by atoms with E-state index >= 15 is 0 Å². The molecule has 0 aromatic carbocycles. The van der Waals surface area contributed by atoms with Crippen molar-refractivity contribution in [1.29, 1.82) is 0 Å². The van der Waals surface area contributed by atoms with Crippen LogP contribution in [0.1, 0.15) is 20.3 Å². The van der Waals surface area contributed by atoms with E-state index in [1.165, 1.54) is 5.75 Å². The highest BCUT2D eigenvalue weighted by atomic mass is 32.2. The van der Waals surface area contributed by atoms with Gasteiger partial charge in [0, 0.05) is 10.8 Å². The first-order chi connectivity index (χ1) is 5.08. The minimum absolute atomic E-state index is 0.0278. The van der Waals surface area contributed by atoms with Gasteiger partial charge < -0.3 is 10.8 Å². The zero-order valence-corrected chi connectivity index (χ0v) is 8.03. The molecule has 3 N–H and O–H groups in total. The van der Waals surface area contributed by atoms with Gasteiger partial charge in [0.1, 0.15) is 0 Å². The minimum atomic E-state index is -0.0278. The maximum atomic E-state index is 8.89. The van der Waals surface area contributed by atoms with Crippen LogP contribution < -0.4 is 5.73 Å². The number of rotatable bonds is 2. The van der Waals surface area contributed by atoms with E-state index in [0.29, 0.717) is 5.92 Å². The van der Waals surface area contributed by atoms with Gasteiger partial charge >= 0.3 is 0 Å². The lowest BCUT2D eigenvalue weighted by Crippen LogP contribution is -2.41. The lowest BCUT2D eigenvalue weighted by Gasteiger charge is -2.29. The van der Waals surface area contributed by atoms with E-state index in [1.807, 2.05) is 11.8 Å². The molecule has 1 saturated heterocycles. The van der Waals surface area contributed by atoms with Crippen LogP contribution >= 0.6 is 11.8 Å². The Morgan fingerprint density at radius 3 is 2.73 bits per heavy atom. The second-order valence-electron chi connectivity index (χ2n) is 3.69. The van der Waals surface area contributed by atoms with Crippen molar-refractivity contribution in [2.24, 2.45) is 11.7 Å². The van der Waals surface area contributed by atoms with Crippen LogP contribution in [0.3, 0.4) is 0 Å². The van der Waals surface area contributed by atoms with E-state index in [0.717, 1.165) is 6.42 Å².